The summed E-state index contributed by atoms with van der Waals surface area (Å²) in [6, 6.07) is 12.7. The maximum absolute atomic E-state index is 13.3. The van der Waals surface area contributed by atoms with E-state index in [2.05, 4.69) is 15.3 Å². The molecule has 0 aliphatic rings. The van der Waals surface area contributed by atoms with Crippen LogP contribution in [-0.4, -0.2) is 45.2 Å². The molecule has 13 heteroatoms. The Balaban J connectivity index is 0.00000237. The third-order valence-corrected chi connectivity index (χ3v) is 4.83. The summed E-state index contributed by atoms with van der Waals surface area (Å²) in [5, 5.41) is 13.8. The Kier molecular flexibility index (Phi) is 17.1. The molecule has 0 atom stereocenters. The molecule has 0 spiro atoms. The molecular formula is C27H42N8O5. The van der Waals surface area contributed by atoms with E-state index in [1.807, 2.05) is 41.5 Å². The first kappa shape index (κ1) is 35.3. The number of nitro benzene ring substituents is 1. The molecule has 0 amide bonds. The molecule has 13 nitrogen and oxygen atoms in total. The molecule has 3 aromatic rings. The fourth-order valence-corrected chi connectivity index (χ4v) is 3.11. The van der Waals surface area contributed by atoms with Crippen molar-refractivity contribution >= 4 is 17.6 Å². The molecule has 0 bridgehead atoms. The van der Waals surface area contributed by atoms with Crippen LogP contribution < -0.4 is 32.9 Å². The lowest BCUT2D eigenvalue weighted by atomic mass is 10.2. The number of nitrogens with one attached hydrogen (secondary N) is 1. The summed E-state index contributed by atoms with van der Waals surface area (Å²) in [7, 11) is 1.55. The van der Waals surface area contributed by atoms with Gasteiger partial charge in [-0.2, -0.15) is 4.98 Å². The predicted molar refractivity (Wildman–Crippen MR) is 160 cm³/mol. The molecular weight excluding hydrogens is 516 g/mol. The summed E-state index contributed by atoms with van der Waals surface area (Å²) in [5.41, 5.74) is 10.5. The zero-order chi connectivity index (χ0) is 30.7. The van der Waals surface area contributed by atoms with Gasteiger partial charge in [-0.3, -0.25) is 19.7 Å². The number of nitrogens with zero attached hydrogens (tertiary/aromatic N) is 5. The molecule has 40 heavy (non-hydrogen) atoms. The van der Waals surface area contributed by atoms with E-state index in [1.54, 1.807) is 31.4 Å². The van der Waals surface area contributed by atoms with E-state index in [9.17, 15) is 19.7 Å². The van der Waals surface area contributed by atoms with Crippen LogP contribution in [0.2, 0.25) is 0 Å². The molecule has 0 fully saturated rings. The molecule has 220 valence electrons. The SMILES string of the molecule is CC.CC.CC.COc1ccc(Cn2c(NCCN=C(N)N)nc(=O)n(Cc3ccc([N+](=O)[O-])cc3)c2=O)cc1. The van der Waals surface area contributed by atoms with Gasteiger partial charge >= 0.3 is 11.4 Å². The van der Waals surface area contributed by atoms with Gasteiger partial charge in [0.25, 0.3) is 5.69 Å². The summed E-state index contributed by atoms with van der Waals surface area (Å²) in [6.07, 6.45) is 0. The number of non-ortho nitro benzene ring substituents is 1. The minimum atomic E-state index is -0.765. The molecule has 0 unspecified atom stereocenters. The Morgan fingerprint density at radius 1 is 0.925 bits per heavy atom. The molecule has 0 saturated heterocycles. The highest BCUT2D eigenvalue weighted by molar-refractivity contribution is 5.75. The van der Waals surface area contributed by atoms with Crippen molar-refractivity contribution in [3.63, 3.8) is 0 Å². The first-order valence-corrected chi connectivity index (χ1v) is 13.2. The van der Waals surface area contributed by atoms with E-state index < -0.39 is 16.3 Å². The molecule has 1 aromatic heterocycles. The van der Waals surface area contributed by atoms with Crippen LogP contribution in [0.5, 0.6) is 5.75 Å². The van der Waals surface area contributed by atoms with Crippen LogP contribution in [0, 0.1) is 10.1 Å². The van der Waals surface area contributed by atoms with Crippen LogP contribution in [0.1, 0.15) is 52.7 Å². The number of nitro groups is 1. The van der Waals surface area contributed by atoms with Gasteiger partial charge in [0.15, 0.2) is 5.96 Å². The summed E-state index contributed by atoms with van der Waals surface area (Å²) in [4.78, 5) is 44.2. The van der Waals surface area contributed by atoms with Gasteiger partial charge in [0.2, 0.25) is 5.95 Å². The van der Waals surface area contributed by atoms with Gasteiger partial charge in [-0.1, -0.05) is 65.8 Å². The number of aromatic nitrogens is 3. The second kappa shape index (κ2) is 19.4. The fraction of sp³-hybridized carbons (Fsp3) is 0.407. The van der Waals surface area contributed by atoms with Crippen LogP contribution in [0.15, 0.2) is 63.1 Å². The number of benzene rings is 2. The lowest BCUT2D eigenvalue weighted by Gasteiger charge is -2.15. The van der Waals surface area contributed by atoms with Crippen molar-refractivity contribution in [2.75, 3.05) is 25.5 Å². The summed E-state index contributed by atoms with van der Waals surface area (Å²) >= 11 is 0. The highest BCUT2D eigenvalue weighted by Gasteiger charge is 2.15. The second-order valence-electron chi connectivity index (χ2n) is 7.18. The zero-order valence-corrected chi connectivity index (χ0v) is 24.4. The van der Waals surface area contributed by atoms with Gasteiger partial charge < -0.3 is 21.5 Å². The maximum atomic E-state index is 13.3. The van der Waals surface area contributed by atoms with E-state index in [0.29, 0.717) is 11.3 Å². The van der Waals surface area contributed by atoms with Crippen molar-refractivity contribution < 1.29 is 9.66 Å². The van der Waals surface area contributed by atoms with Gasteiger partial charge in [-0.25, -0.2) is 14.2 Å². The van der Waals surface area contributed by atoms with Crippen molar-refractivity contribution in [2.24, 2.45) is 16.5 Å². The van der Waals surface area contributed by atoms with E-state index in [1.165, 1.54) is 28.8 Å². The van der Waals surface area contributed by atoms with Crippen molar-refractivity contribution in [2.45, 2.75) is 54.6 Å². The monoisotopic (exact) mass is 558 g/mol. The van der Waals surface area contributed by atoms with Crippen molar-refractivity contribution in [3.8, 4) is 5.75 Å². The van der Waals surface area contributed by atoms with Crippen LogP contribution in [0.3, 0.4) is 0 Å². The molecule has 0 aliphatic heterocycles. The van der Waals surface area contributed by atoms with Gasteiger partial charge in [0.05, 0.1) is 31.7 Å². The molecule has 1 heterocycles. The smallest absolute Gasteiger partial charge is 0.355 e. The number of rotatable bonds is 10. The predicted octanol–water partition coefficient (Wildman–Crippen LogP) is 3.18. The number of nitrogens with two attached hydrogens (primary N) is 2. The summed E-state index contributed by atoms with van der Waals surface area (Å²) < 4.78 is 7.45. The third-order valence-electron chi connectivity index (χ3n) is 4.83. The Morgan fingerprint density at radius 3 is 1.90 bits per heavy atom. The zero-order valence-electron chi connectivity index (χ0n) is 24.4. The van der Waals surface area contributed by atoms with Gasteiger partial charge in [0.1, 0.15) is 5.75 Å². The summed E-state index contributed by atoms with van der Waals surface area (Å²) in [6.45, 7) is 12.5. The second-order valence-corrected chi connectivity index (χ2v) is 7.18. The highest BCUT2D eigenvalue weighted by atomic mass is 16.6. The van der Waals surface area contributed by atoms with Crippen molar-refractivity contribution in [1.82, 2.24) is 14.1 Å². The van der Waals surface area contributed by atoms with E-state index >= 15 is 0 Å². The number of methoxy groups -OCH3 is 1. The average molecular weight is 559 g/mol. The number of hydrogen-bond acceptors (Lipinski definition) is 8. The fourth-order valence-electron chi connectivity index (χ4n) is 3.11. The summed E-state index contributed by atoms with van der Waals surface area (Å²) in [5.74, 6) is 0.647. The lowest BCUT2D eigenvalue weighted by molar-refractivity contribution is -0.384. The number of hydrogen-bond donors (Lipinski definition) is 3. The molecule has 0 saturated carbocycles. The largest absolute Gasteiger partial charge is 0.497 e. The molecule has 0 radical (unpaired) electrons. The Hall–Kier alpha value is -4.68. The minimum absolute atomic E-state index is 0.0663. The van der Waals surface area contributed by atoms with Crippen LogP contribution in [-0.2, 0) is 13.1 Å². The Bertz CT molecular complexity index is 1300. The Labute approximate surface area is 234 Å². The topological polar surface area (TPSA) is 186 Å². The van der Waals surface area contributed by atoms with Crippen LogP contribution in [0.25, 0.3) is 0 Å². The normalized spacial score (nSPS) is 9.38. The molecule has 0 aliphatic carbocycles. The van der Waals surface area contributed by atoms with Gasteiger partial charge in [0, 0.05) is 18.7 Å². The number of ether oxygens (including phenoxy) is 1. The lowest BCUT2D eigenvalue weighted by Crippen LogP contribution is -2.43. The quantitative estimate of drug-likeness (QED) is 0.110. The average Bonchev–Trinajstić information content (AvgIpc) is 2.98. The standard InChI is InChI=1S/C21H24N8O5.3C2H6/c1-34-17-8-4-15(5-9-17)12-27-19(25-11-10-24-18(22)23)26-20(30)28(21(27)31)13-14-2-6-16(7-3-14)29(32)33;3*1-2/h2-9H,10-13H2,1H3,(H4,22,23,24)(H,25,26,30);3*1-2H3. The minimum Gasteiger partial charge on any atom is -0.497 e. The molecule has 2 aromatic carbocycles. The van der Waals surface area contributed by atoms with E-state index in [4.69, 9.17) is 16.2 Å². The van der Waals surface area contributed by atoms with Crippen LogP contribution in [0.4, 0.5) is 11.6 Å². The molecule has 5 N–H and O–H groups in total. The highest BCUT2D eigenvalue weighted by Crippen LogP contribution is 2.14. The number of anilines is 1. The first-order chi connectivity index (χ1) is 19.3. The van der Waals surface area contributed by atoms with Crippen molar-refractivity contribution in [3.05, 3.63) is 90.7 Å². The van der Waals surface area contributed by atoms with Gasteiger partial charge in [-0.05, 0) is 23.3 Å². The third kappa shape index (κ3) is 11.0. The van der Waals surface area contributed by atoms with Crippen LogP contribution >= 0.6 is 0 Å². The van der Waals surface area contributed by atoms with E-state index in [0.717, 1.165) is 10.1 Å². The number of guanidine groups is 1. The van der Waals surface area contributed by atoms with E-state index in [-0.39, 0.29) is 43.8 Å². The molecule has 3 rings (SSSR count). The van der Waals surface area contributed by atoms with Crippen molar-refractivity contribution in [1.29, 1.82) is 0 Å². The maximum Gasteiger partial charge on any atom is 0.355 e. The van der Waals surface area contributed by atoms with Gasteiger partial charge in [-0.15, -0.1) is 0 Å². The first-order valence-electron chi connectivity index (χ1n) is 13.2. The Morgan fingerprint density at radius 2 is 1.43 bits per heavy atom. The number of aliphatic imine (C=N–C) groups is 1.